The van der Waals surface area contributed by atoms with Gasteiger partial charge >= 0.3 is 0 Å². The van der Waals surface area contributed by atoms with Crippen molar-refractivity contribution in [1.29, 1.82) is 0 Å². The van der Waals surface area contributed by atoms with Gasteiger partial charge in [-0.3, -0.25) is 14.9 Å². The largest absolute Gasteiger partial charge is 0.358 e. The second-order valence-electron chi connectivity index (χ2n) is 7.39. The maximum Gasteiger partial charge on any atom is 0.267 e. The molecule has 28 heavy (non-hydrogen) atoms. The minimum absolute atomic E-state index is 0.434. The molecule has 1 unspecified atom stereocenters. The van der Waals surface area contributed by atoms with Gasteiger partial charge in [0.05, 0.1) is 0 Å². The van der Waals surface area contributed by atoms with Gasteiger partial charge in [-0.1, -0.05) is 42.5 Å². The van der Waals surface area contributed by atoms with Crippen molar-refractivity contribution in [1.82, 2.24) is 15.4 Å². The van der Waals surface area contributed by atoms with E-state index in [0.29, 0.717) is 6.04 Å². The van der Waals surface area contributed by atoms with Crippen molar-refractivity contribution in [2.24, 2.45) is 0 Å². The zero-order chi connectivity index (χ0) is 19.5. The molecule has 2 heterocycles. The molecule has 144 valence electrons. The fourth-order valence-electron chi connectivity index (χ4n) is 4.25. The number of H-pyrrole nitrogens is 1. The smallest absolute Gasteiger partial charge is 0.267 e. The summed E-state index contributed by atoms with van der Waals surface area (Å²) in [6.45, 7) is 4.18. The quantitative estimate of drug-likeness (QED) is 0.353. The molecule has 1 fully saturated rings. The van der Waals surface area contributed by atoms with Gasteiger partial charge in [-0.25, -0.2) is 5.48 Å². The van der Waals surface area contributed by atoms with E-state index in [2.05, 4.69) is 53.2 Å². The first-order chi connectivity index (χ1) is 13.7. The highest BCUT2D eigenvalue weighted by Crippen LogP contribution is 2.38. The van der Waals surface area contributed by atoms with Gasteiger partial charge in [0.25, 0.3) is 5.91 Å². The SMILES string of the molecule is Cc1[nH]c2ccccc2c1C1CCCN1Cc1ccc(/C=C/C(=O)NO)cc1. The molecule has 4 rings (SSSR count). The average molecular weight is 375 g/mol. The van der Waals surface area contributed by atoms with Crippen molar-refractivity contribution >= 4 is 22.9 Å². The number of para-hydroxylation sites is 1. The van der Waals surface area contributed by atoms with Crippen LogP contribution in [0.4, 0.5) is 0 Å². The first-order valence-electron chi connectivity index (χ1n) is 9.68. The Bertz CT molecular complexity index is 1000. The molecule has 1 saturated heterocycles. The standard InChI is InChI=1S/C23H25N3O2/c1-16-23(19-5-2-3-6-20(19)24-16)21-7-4-14-26(21)15-18-10-8-17(9-11-18)12-13-22(27)25-28/h2-3,5-6,8-13,21,24,28H,4,7,14-15H2,1H3,(H,25,27)/b13-12+. The fourth-order valence-corrected chi connectivity index (χ4v) is 4.25. The number of nitrogens with zero attached hydrogens (tertiary/aromatic N) is 1. The number of aromatic nitrogens is 1. The van der Waals surface area contributed by atoms with E-state index in [1.807, 2.05) is 12.1 Å². The molecule has 2 aromatic carbocycles. The summed E-state index contributed by atoms with van der Waals surface area (Å²) in [7, 11) is 0. The lowest BCUT2D eigenvalue weighted by molar-refractivity contribution is -0.124. The maximum atomic E-state index is 11.1. The van der Waals surface area contributed by atoms with Crippen LogP contribution in [0.15, 0.2) is 54.6 Å². The lowest BCUT2D eigenvalue weighted by Gasteiger charge is -2.25. The van der Waals surface area contributed by atoms with Gasteiger partial charge in [0.2, 0.25) is 0 Å². The van der Waals surface area contributed by atoms with E-state index in [0.717, 1.165) is 18.7 Å². The second-order valence-corrected chi connectivity index (χ2v) is 7.39. The van der Waals surface area contributed by atoms with Crippen LogP contribution in [0.5, 0.6) is 0 Å². The Morgan fingerprint density at radius 1 is 1.25 bits per heavy atom. The number of benzene rings is 2. The van der Waals surface area contributed by atoms with Crippen LogP contribution in [-0.2, 0) is 11.3 Å². The predicted molar refractivity (Wildman–Crippen MR) is 111 cm³/mol. The number of hydrogen-bond donors (Lipinski definition) is 3. The maximum absolute atomic E-state index is 11.1. The Morgan fingerprint density at radius 3 is 2.82 bits per heavy atom. The Hall–Kier alpha value is -2.89. The average Bonchev–Trinajstić information content (AvgIpc) is 3.29. The van der Waals surface area contributed by atoms with Crippen molar-refractivity contribution in [3.63, 3.8) is 0 Å². The summed E-state index contributed by atoms with van der Waals surface area (Å²) in [5, 5.41) is 9.88. The van der Waals surface area contributed by atoms with Gasteiger partial charge in [0.1, 0.15) is 0 Å². The van der Waals surface area contributed by atoms with Crippen LogP contribution in [0.25, 0.3) is 17.0 Å². The highest BCUT2D eigenvalue weighted by Gasteiger charge is 2.29. The van der Waals surface area contributed by atoms with Crippen molar-refractivity contribution in [3.8, 4) is 0 Å². The summed E-state index contributed by atoms with van der Waals surface area (Å²) in [5.41, 5.74) is 7.69. The predicted octanol–water partition coefficient (Wildman–Crippen LogP) is 4.33. The number of carbonyl (C=O) groups is 1. The monoisotopic (exact) mass is 375 g/mol. The molecule has 1 amide bonds. The number of carbonyl (C=O) groups excluding carboxylic acids is 1. The van der Waals surface area contributed by atoms with Crippen LogP contribution in [0.2, 0.25) is 0 Å². The molecule has 5 heteroatoms. The normalized spacial score (nSPS) is 17.6. The van der Waals surface area contributed by atoms with Gasteiger partial charge in [0.15, 0.2) is 0 Å². The van der Waals surface area contributed by atoms with E-state index in [1.165, 1.54) is 46.6 Å². The van der Waals surface area contributed by atoms with Gasteiger partial charge in [-0.15, -0.1) is 0 Å². The number of rotatable bonds is 5. The minimum atomic E-state index is -0.530. The summed E-state index contributed by atoms with van der Waals surface area (Å²) in [4.78, 5) is 17.2. The Balaban J connectivity index is 1.52. The number of hydrogen-bond acceptors (Lipinski definition) is 3. The molecule has 0 spiro atoms. The van der Waals surface area contributed by atoms with Crippen LogP contribution in [-0.4, -0.2) is 27.5 Å². The van der Waals surface area contributed by atoms with Crippen molar-refractivity contribution in [2.45, 2.75) is 32.4 Å². The molecule has 1 aliphatic heterocycles. The minimum Gasteiger partial charge on any atom is -0.358 e. The Kier molecular flexibility index (Phi) is 5.28. The first-order valence-corrected chi connectivity index (χ1v) is 9.68. The van der Waals surface area contributed by atoms with E-state index in [-0.39, 0.29) is 0 Å². The number of fused-ring (bicyclic) bond motifs is 1. The number of amides is 1. The molecule has 0 saturated carbocycles. The molecule has 1 atom stereocenters. The van der Waals surface area contributed by atoms with Gasteiger partial charge in [0, 0.05) is 35.3 Å². The summed E-state index contributed by atoms with van der Waals surface area (Å²) in [6.07, 6.45) is 5.38. The van der Waals surface area contributed by atoms with Crippen molar-refractivity contribution in [3.05, 3.63) is 77.0 Å². The molecular formula is C23H25N3O2. The van der Waals surface area contributed by atoms with E-state index in [1.54, 1.807) is 11.6 Å². The topological polar surface area (TPSA) is 68.4 Å². The fraction of sp³-hybridized carbons (Fsp3) is 0.261. The zero-order valence-corrected chi connectivity index (χ0v) is 16.0. The Labute approximate surface area is 164 Å². The van der Waals surface area contributed by atoms with Gasteiger partial charge in [-0.2, -0.15) is 0 Å². The van der Waals surface area contributed by atoms with Crippen LogP contribution < -0.4 is 5.48 Å². The molecular weight excluding hydrogens is 350 g/mol. The second kappa shape index (κ2) is 8.00. The number of hydroxylamine groups is 1. The number of likely N-dealkylation sites (tertiary alicyclic amines) is 1. The third-order valence-corrected chi connectivity index (χ3v) is 5.54. The van der Waals surface area contributed by atoms with E-state index in [9.17, 15) is 4.79 Å². The van der Waals surface area contributed by atoms with Crippen LogP contribution >= 0.6 is 0 Å². The summed E-state index contributed by atoms with van der Waals surface area (Å²) in [5.74, 6) is -0.530. The van der Waals surface area contributed by atoms with Crippen LogP contribution in [0.1, 0.15) is 41.3 Å². The highest BCUT2D eigenvalue weighted by molar-refractivity contribution is 5.90. The molecule has 1 aliphatic rings. The number of nitrogens with one attached hydrogen (secondary N) is 2. The molecule has 0 radical (unpaired) electrons. The molecule has 1 aromatic heterocycles. The van der Waals surface area contributed by atoms with Crippen LogP contribution in [0.3, 0.4) is 0 Å². The van der Waals surface area contributed by atoms with Gasteiger partial charge in [-0.05, 0) is 55.1 Å². The lowest BCUT2D eigenvalue weighted by atomic mass is 10.0. The van der Waals surface area contributed by atoms with Crippen molar-refractivity contribution in [2.75, 3.05) is 6.54 Å². The summed E-state index contributed by atoms with van der Waals surface area (Å²) in [6, 6.07) is 17.2. The highest BCUT2D eigenvalue weighted by atomic mass is 16.5. The number of aromatic amines is 1. The summed E-state index contributed by atoms with van der Waals surface area (Å²) < 4.78 is 0. The molecule has 3 N–H and O–H groups in total. The van der Waals surface area contributed by atoms with E-state index >= 15 is 0 Å². The molecule has 3 aromatic rings. The molecule has 0 aliphatic carbocycles. The van der Waals surface area contributed by atoms with E-state index in [4.69, 9.17) is 5.21 Å². The molecule has 5 nitrogen and oxygen atoms in total. The lowest BCUT2D eigenvalue weighted by Crippen LogP contribution is -2.23. The zero-order valence-electron chi connectivity index (χ0n) is 16.0. The Morgan fingerprint density at radius 2 is 2.04 bits per heavy atom. The van der Waals surface area contributed by atoms with Crippen LogP contribution in [0, 0.1) is 6.92 Å². The first kappa shape index (κ1) is 18.5. The summed E-state index contributed by atoms with van der Waals surface area (Å²) >= 11 is 0. The van der Waals surface area contributed by atoms with Gasteiger partial charge < -0.3 is 4.98 Å². The third kappa shape index (κ3) is 3.72. The van der Waals surface area contributed by atoms with E-state index < -0.39 is 5.91 Å². The third-order valence-electron chi connectivity index (χ3n) is 5.54. The van der Waals surface area contributed by atoms with Crippen molar-refractivity contribution < 1.29 is 10.0 Å². The number of aryl methyl sites for hydroxylation is 1. The molecule has 0 bridgehead atoms.